The molecule has 78 valence electrons. The monoisotopic (exact) mass is 283 g/mol. The van der Waals surface area contributed by atoms with Crippen molar-refractivity contribution < 1.29 is 0 Å². The fraction of sp³-hybridized carbons (Fsp3) is 0.250. The number of halogens is 2. The van der Waals surface area contributed by atoms with Crippen LogP contribution in [-0.2, 0) is 0 Å². The summed E-state index contributed by atoms with van der Waals surface area (Å²) in [5.41, 5.74) is 1.55. The molecule has 0 saturated carbocycles. The van der Waals surface area contributed by atoms with Crippen molar-refractivity contribution in [1.29, 1.82) is 5.26 Å². The van der Waals surface area contributed by atoms with Crippen LogP contribution in [0, 0.1) is 11.3 Å². The number of hydrogen-bond acceptors (Lipinski definition) is 1. The Morgan fingerprint density at radius 3 is 2.47 bits per heavy atom. The SMILES string of the molecule is CCC/C(C#N)=C(/Cl)c1ccc(Br)cc1. The molecular weight excluding hydrogens is 273 g/mol. The van der Waals surface area contributed by atoms with Gasteiger partial charge in [0.15, 0.2) is 0 Å². The minimum Gasteiger partial charge on any atom is -0.193 e. The van der Waals surface area contributed by atoms with Crippen LogP contribution >= 0.6 is 27.5 Å². The van der Waals surface area contributed by atoms with Crippen LogP contribution in [0.5, 0.6) is 0 Å². The lowest BCUT2D eigenvalue weighted by atomic mass is 10.1. The number of nitrogens with zero attached hydrogens (tertiary/aromatic N) is 1. The van der Waals surface area contributed by atoms with Crippen LogP contribution in [0.15, 0.2) is 34.3 Å². The van der Waals surface area contributed by atoms with Gasteiger partial charge in [0, 0.05) is 10.0 Å². The second kappa shape index (κ2) is 5.95. The first kappa shape index (κ1) is 12.3. The number of benzene rings is 1. The van der Waals surface area contributed by atoms with Crippen LogP contribution in [0.4, 0.5) is 0 Å². The maximum atomic E-state index is 8.94. The molecule has 0 spiro atoms. The minimum absolute atomic E-state index is 0.562. The van der Waals surface area contributed by atoms with E-state index in [0.29, 0.717) is 10.6 Å². The lowest BCUT2D eigenvalue weighted by Crippen LogP contribution is -1.85. The van der Waals surface area contributed by atoms with E-state index in [1.54, 1.807) is 0 Å². The topological polar surface area (TPSA) is 23.8 Å². The minimum atomic E-state index is 0.562. The highest BCUT2D eigenvalue weighted by Crippen LogP contribution is 2.26. The standard InChI is InChI=1S/C12H11BrClN/c1-2-3-10(8-15)12(14)9-4-6-11(13)7-5-9/h4-7H,2-3H2,1H3/b12-10-. The van der Waals surface area contributed by atoms with Crippen molar-refractivity contribution in [3.8, 4) is 6.07 Å². The van der Waals surface area contributed by atoms with Crippen LogP contribution in [0.25, 0.3) is 5.03 Å². The second-order valence-corrected chi connectivity index (χ2v) is 4.45. The molecule has 0 aliphatic heterocycles. The van der Waals surface area contributed by atoms with Crippen LogP contribution in [-0.4, -0.2) is 0 Å². The fourth-order valence-corrected chi connectivity index (χ4v) is 1.76. The van der Waals surface area contributed by atoms with Gasteiger partial charge >= 0.3 is 0 Å². The Morgan fingerprint density at radius 2 is 2.00 bits per heavy atom. The Bertz CT molecular complexity index is 401. The fourth-order valence-electron chi connectivity index (χ4n) is 1.24. The number of hydrogen-bond donors (Lipinski definition) is 0. The van der Waals surface area contributed by atoms with Gasteiger partial charge in [-0.25, -0.2) is 0 Å². The lowest BCUT2D eigenvalue weighted by molar-refractivity contribution is 0.933. The molecule has 1 aromatic rings. The van der Waals surface area contributed by atoms with Crippen molar-refractivity contribution in [1.82, 2.24) is 0 Å². The van der Waals surface area contributed by atoms with E-state index in [4.69, 9.17) is 16.9 Å². The molecule has 0 atom stereocenters. The summed E-state index contributed by atoms with van der Waals surface area (Å²) in [7, 11) is 0. The molecule has 0 unspecified atom stereocenters. The summed E-state index contributed by atoms with van der Waals surface area (Å²) >= 11 is 9.50. The van der Waals surface area contributed by atoms with E-state index in [0.717, 1.165) is 22.9 Å². The largest absolute Gasteiger partial charge is 0.193 e. The third-order valence-electron chi connectivity index (χ3n) is 2.00. The molecule has 1 aromatic carbocycles. The molecule has 1 rings (SSSR count). The first-order chi connectivity index (χ1) is 7.19. The predicted molar refractivity (Wildman–Crippen MR) is 67.4 cm³/mol. The van der Waals surface area contributed by atoms with Gasteiger partial charge in [0.05, 0.1) is 11.1 Å². The highest BCUT2D eigenvalue weighted by atomic mass is 79.9. The zero-order chi connectivity index (χ0) is 11.3. The summed E-state index contributed by atoms with van der Waals surface area (Å²) in [6.07, 6.45) is 1.65. The molecule has 0 bridgehead atoms. The average Bonchev–Trinajstić information content (AvgIpc) is 2.26. The summed E-state index contributed by atoms with van der Waals surface area (Å²) < 4.78 is 1.00. The third kappa shape index (κ3) is 3.37. The van der Waals surface area contributed by atoms with Crippen molar-refractivity contribution in [2.24, 2.45) is 0 Å². The van der Waals surface area contributed by atoms with Gasteiger partial charge in [-0.15, -0.1) is 0 Å². The molecule has 3 heteroatoms. The van der Waals surface area contributed by atoms with E-state index < -0.39 is 0 Å². The molecule has 0 aromatic heterocycles. The molecular formula is C12H11BrClN. The zero-order valence-corrected chi connectivity index (χ0v) is 10.8. The van der Waals surface area contributed by atoms with Crippen molar-refractivity contribution in [3.63, 3.8) is 0 Å². The molecule has 0 aliphatic carbocycles. The van der Waals surface area contributed by atoms with Crippen LogP contribution in [0.2, 0.25) is 0 Å². The molecule has 0 amide bonds. The van der Waals surface area contributed by atoms with Gasteiger partial charge in [-0.1, -0.05) is 53.0 Å². The predicted octanol–water partition coefficient (Wildman–Crippen LogP) is 4.72. The molecule has 0 radical (unpaired) electrons. The summed E-state index contributed by atoms with van der Waals surface area (Å²) in [6, 6.07) is 9.79. The molecule has 0 saturated heterocycles. The van der Waals surface area contributed by atoms with Gasteiger partial charge in [0.25, 0.3) is 0 Å². The third-order valence-corrected chi connectivity index (χ3v) is 2.97. The highest BCUT2D eigenvalue weighted by molar-refractivity contribution is 9.10. The van der Waals surface area contributed by atoms with Crippen LogP contribution in [0.3, 0.4) is 0 Å². The lowest BCUT2D eigenvalue weighted by Gasteiger charge is -2.02. The Morgan fingerprint density at radius 1 is 1.40 bits per heavy atom. The Hall–Kier alpha value is -0.780. The smallest absolute Gasteiger partial charge is 0.0962 e. The molecule has 15 heavy (non-hydrogen) atoms. The molecule has 1 nitrogen and oxygen atoms in total. The molecule has 0 heterocycles. The Labute approximate surface area is 103 Å². The number of nitriles is 1. The zero-order valence-electron chi connectivity index (χ0n) is 8.43. The van der Waals surface area contributed by atoms with Crippen molar-refractivity contribution in [3.05, 3.63) is 39.9 Å². The Balaban J connectivity index is 3.06. The highest BCUT2D eigenvalue weighted by Gasteiger charge is 2.05. The van der Waals surface area contributed by atoms with Crippen molar-refractivity contribution in [2.75, 3.05) is 0 Å². The maximum Gasteiger partial charge on any atom is 0.0962 e. The quantitative estimate of drug-likeness (QED) is 0.737. The van der Waals surface area contributed by atoms with E-state index >= 15 is 0 Å². The molecule has 0 N–H and O–H groups in total. The number of rotatable bonds is 3. The van der Waals surface area contributed by atoms with Gasteiger partial charge in [-0.05, 0) is 24.1 Å². The summed E-state index contributed by atoms with van der Waals surface area (Å²) in [5, 5.41) is 9.50. The van der Waals surface area contributed by atoms with Crippen LogP contribution < -0.4 is 0 Å². The van der Waals surface area contributed by atoms with Gasteiger partial charge in [0.1, 0.15) is 0 Å². The van der Waals surface area contributed by atoms with Gasteiger partial charge in [0.2, 0.25) is 0 Å². The van der Waals surface area contributed by atoms with E-state index in [1.807, 2.05) is 31.2 Å². The van der Waals surface area contributed by atoms with E-state index in [9.17, 15) is 0 Å². The van der Waals surface area contributed by atoms with E-state index in [2.05, 4.69) is 22.0 Å². The Kier molecular flexibility index (Phi) is 4.87. The van der Waals surface area contributed by atoms with Crippen LogP contribution in [0.1, 0.15) is 25.3 Å². The van der Waals surface area contributed by atoms with Gasteiger partial charge in [-0.2, -0.15) is 5.26 Å². The van der Waals surface area contributed by atoms with Crippen molar-refractivity contribution in [2.45, 2.75) is 19.8 Å². The van der Waals surface area contributed by atoms with E-state index in [1.165, 1.54) is 0 Å². The van der Waals surface area contributed by atoms with Crippen molar-refractivity contribution >= 4 is 32.6 Å². The first-order valence-electron chi connectivity index (χ1n) is 4.73. The first-order valence-corrected chi connectivity index (χ1v) is 5.90. The number of allylic oxidation sites excluding steroid dienone is 1. The van der Waals surface area contributed by atoms with Gasteiger partial charge in [-0.3, -0.25) is 0 Å². The molecule has 0 fully saturated rings. The van der Waals surface area contributed by atoms with Gasteiger partial charge < -0.3 is 0 Å². The maximum absolute atomic E-state index is 8.94. The summed E-state index contributed by atoms with van der Waals surface area (Å²) in [4.78, 5) is 0. The molecule has 0 aliphatic rings. The second-order valence-electron chi connectivity index (χ2n) is 3.16. The summed E-state index contributed by atoms with van der Waals surface area (Å²) in [5.74, 6) is 0. The average molecular weight is 285 g/mol. The summed E-state index contributed by atoms with van der Waals surface area (Å²) in [6.45, 7) is 2.03. The normalized spacial score (nSPS) is 11.9. The van der Waals surface area contributed by atoms with E-state index in [-0.39, 0.29) is 0 Å².